The lowest BCUT2D eigenvalue weighted by atomic mass is 10.3. The second-order valence-electron chi connectivity index (χ2n) is 4.31. The van der Waals surface area contributed by atoms with Gasteiger partial charge in [-0.3, -0.25) is 4.57 Å². The Morgan fingerprint density at radius 1 is 1.33 bits per heavy atom. The first-order valence-corrected chi connectivity index (χ1v) is 7.77. The molecular formula is C14H10BrCl2N3O. The van der Waals surface area contributed by atoms with Gasteiger partial charge >= 0.3 is 0 Å². The number of pyridine rings is 1. The van der Waals surface area contributed by atoms with Crippen molar-refractivity contribution in [3.05, 3.63) is 45.8 Å². The van der Waals surface area contributed by atoms with E-state index in [2.05, 4.69) is 25.9 Å². The molecule has 0 unspecified atom stereocenters. The maximum atomic E-state index is 6.01. The number of nitrogens with zero attached hydrogens (tertiary/aromatic N) is 3. The van der Waals surface area contributed by atoms with E-state index < -0.39 is 0 Å². The molecule has 0 atom stereocenters. The molecule has 0 saturated carbocycles. The average molecular weight is 387 g/mol. The number of hydrogen-bond donors (Lipinski definition) is 0. The van der Waals surface area contributed by atoms with Crippen LogP contribution in [0.3, 0.4) is 0 Å². The van der Waals surface area contributed by atoms with Gasteiger partial charge in [-0.15, -0.1) is 11.6 Å². The molecule has 21 heavy (non-hydrogen) atoms. The lowest BCUT2D eigenvalue weighted by Gasteiger charge is -2.10. The van der Waals surface area contributed by atoms with Crippen LogP contribution in [0.15, 0.2) is 34.9 Å². The van der Waals surface area contributed by atoms with E-state index >= 15 is 0 Å². The van der Waals surface area contributed by atoms with Crippen LogP contribution in [0, 0.1) is 0 Å². The van der Waals surface area contributed by atoms with Crippen molar-refractivity contribution in [2.24, 2.45) is 0 Å². The highest BCUT2D eigenvalue weighted by Gasteiger charge is 2.14. The van der Waals surface area contributed by atoms with E-state index in [0.717, 1.165) is 15.9 Å². The van der Waals surface area contributed by atoms with E-state index in [-0.39, 0.29) is 5.88 Å². The third-order valence-electron chi connectivity index (χ3n) is 3.05. The number of rotatable bonds is 3. The Hall–Kier alpha value is -1.30. The van der Waals surface area contributed by atoms with E-state index in [1.54, 1.807) is 19.4 Å². The highest BCUT2D eigenvalue weighted by molar-refractivity contribution is 9.10. The van der Waals surface area contributed by atoms with Gasteiger partial charge < -0.3 is 4.74 Å². The summed E-state index contributed by atoms with van der Waals surface area (Å²) in [7, 11) is 1.62. The number of benzene rings is 1. The summed E-state index contributed by atoms with van der Waals surface area (Å²) in [6, 6.07) is 7.53. The predicted molar refractivity (Wildman–Crippen MR) is 87.7 cm³/mol. The van der Waals surface area contributed by atoms with Crippen LogP contribution in [0.4, 0.5) is 0 Å². The normalized spacial score (nSPS) is 11.0. The third kappa shape index (κ3) is 2.61. The van der Waals surface area contributed by atoms with E-state index in [4.69, 9.17) is 27.9 Å². The van der Waals surface area contributed by atoms with Crippen molar-refractivity contribution in [1.82, 2.24) is 14.5 Å². The zero-order valence-electron chi connectivity index (χ0n) is 11.0. The van der Waals surface area contributed by atoms with E-state index in [1.807, 2.05) is 22.8 Å². The van der Waals surface area contributed by atoms with E-state index in [1.165, 1.54) is 0 Å². The van der Waals surface area contributed by atoms with Crippen molar-refractivity contribution in [1.29, 1.82) is 0 Å². The van der Waals surface area contributed by atoms with Gasteiger partial charge in [-0.05, 0) is 34.1 Å². The average Bonchev–Trinajstić information content (AvgIpc) is 2.85. The molecule has 0 N–H and O–H groups in total. The topological polar surface area (TPSA) is 39.9 Å². The van der Waals surface area contributed by atoms with Crippen molar-refractivity contribution in [3.8, 4) is 11.4 Å². The van der Waals surface area contributed by atoms with Crippen LogP contribution in [-0.2, 0) is 5.88 Å². The molecule has 0 aliphatic rings. The number of ether oxygens (including phenoxy) is 1. The number of fused-ring (bicyclic) bond motifs is 1. The summed E-state index contributed by atoms with van der Waals surface area (Å²) >= 11 is 15.4. The van der Waals surface area contributed by atoms with Crippen LogP contribution >= 0.6 is 39.1 Å². The molecule has 0 fully saturated rings. The lowest BCUT2D eigenvalue weighted by Crippen LogP contribution is -2.01. The summed E-state index contributed by atoms with van der Waals surface area (Å²) in [6.45, 7) is 0. The van der Waals surface area contributed by atoms with Crippen LogP contribution < -0.4 is 4.74 Å². The highest BCUT2D eigenvalue weighted by atomic mass is 79.9. The number of hydrogen-bond acceptors (Lipinski definition) is 3. The lowest BCUT2D eigenvalue weighted by molar-refractivity contribution is 0.412. The summed E-state index contributed by atoms with van der Waals surface area (Å²) in [5.74, 6) is 1.70. The fraction of sp³-hybridized carbons (Fsp3) is 0.143. The predicted octanol–water partition coefficient (Wildman–Crippen LogP) is 4.58. The Balaban J connectivity index is 2.28. The van der Waals surface area contributed by atoms with Gasteiger partial charge in [0.1, 0.15) is 17.1 Å². The van der Waals surface area contributed by atoms with Crippen molar-refractivity contribution >= 4 is 50.3 Å². The number of aromatic nitrogens is 3. The summed E-state index contributed by atoms with van der Waals surface area (Å²) < 4.78 is 8.11. The van der Waals surface area contributed by atoms with Gasteiger partial charge in [0.25, 0.3) is 0 Å². The SMILES string of the molecule is COc1cc(-n2c(CCl)nc3cc(Cl)cnc32)ccc1Br. The molecule has 0 bridgehead atoms. The van der Waals surface area contributed by atoms with Gasteiger partial charge in [-0.25, -0.2) is 9.97 Å². The number of imidazole rings is 1. The number of methoxy groups -OCH3 is 1. The van der Waals surface area contributed by atoms with Crippen molar-refractivity contribution in [2.45, 2.75) is 5.88 Å². The van der Waals surface area contributed by atoms with Gasteiger partial charge in [0.05, 0.1) is 28.2 Å². The molecule has 0 radical (unpaired) electrons. The first-order chi connectivity index (χ1) is 10.1. The second kappa shape index (κ2) is 5.83. The van der Waals surface area contributed by atoms with Crippen LogP contribution in [0.25, 0.3) is 16.9 Å². The third-order valence-corrected chi connectivity index (χ3v) is 4.15. The van der Waals surface area contributed by atoms with Gasteiger partial charge in [0.2, 0.25) is 0 Å². The molecule has 7 heteroatoms. The number of alkyl halides is 1. The largest absolute Gasteiger partial charge is 0.495 e. The van der Waals surface area contributed by atoms with Gasteiger partial charge in [0.15, 0.2) is 5.65 Å². The molecule has 108 valence electrons. The first kappa shape index (κ1) is 14.6. The molecule has 0 amide bonds. The van der Waals surface area contributed by atoms with Crippen LogP contribution in [-0.4, -0.2) is 21.6 Å². The summed E-state index contributed by atoms with van der Waals surface area (Å²) in [5, 5.41) is 0.543. The van der Waals surface area contributed by atoms with Crippen LogP contribution in [0.5, 0.6) is 5.75 Å². The van der Waals surface area contributed by atoms with Crippen molar-refractivity contribution < 1.29 is 4.74 Å². The Labute approximate surface area is 139 Å². The minimum Gasteiger partial charge on any atom is -0.495 e. The first-order valence-electron chi connectivity index (χ1n) is 6.07. The fourth-order valence-corrected chi connectivity index (χ4v) is 2.88. The second-order valence-corrected chi connectivity index (χ2v) is 5.87. The minimum atomic E-state index is 0.270. The molecule has 2 aromatic heterocycles. The Morgan fingerprint density at radius 3 is 2.86 bits per heavy atom. The molecule has 0 saturated heterocycles. The van der Waals surface area contributed by atoms with Crippen molar-refractivity contribution in [2.75, 3.05) is 7.11 Å². The molecular weight excluding hydrogens is 377 g/mol. The van der Waals surface area contributed by atoms with Gasteiger partial charge in [-0.1, -0.05) is 11.6 Å². The molecule has 3 aromatic rings. The molecule has 0 spiro atoms. The number of halogens is 3. The Morgan fingerprint density at radius 2 is 2.14 bits per heavy atom. The molecule has 4 nitrogen and oxygen atoms in total. The molecule has 1 aromatic carbocycles. The van der Waals surface area contributed by atoms with Gasteiger partial charge in [0, 0.05) is 12.3 Å². The van der Waals surface area contributed by atoms with E-state index in [9.17, 15) is 0 Å². The van der Waals surface area contributed by atoms with Crippen molar-refractivity contribution in [3.63, 3.8) is 0 Å². The molecule has 3 rings (SSSR count). The quantitative estimate of drug-likeness (QED) is 0.618. The zero-order chi connectivity index (χ0) is 15.0. The maximum Gasteiger partial charge on any atom is 0.164 e. The Bertz CT molecular complexity index is 819. The minimum absolute atomic E-state index is 0.270. The van der Waals surface area contributed by atoms with Crippen LogP contribution in [0.1, 0.15) is 5.82 Å². The summed E-state index contributed by atoms with van der Waals surface area (Å²) in [5.41, 5.74) is 2.29. The monoisotopic (exact) mass is 385 g/mol. The summed E-state index contributed by atoms with van der Waals surface area (Å²) in [4.78, 5) is 8.84. The molecule has 0 aliphatic heterocycles. The Kier molecular flexibility index (Phi) is 4.06. The zero-order valence-corrected chi connectivity index (χ0v) is 14.1. The standard InChI is InChI=1S/C14H10BrCl2N3O/c1-21-12-5-9(2-3-10(12)15)20-13(6-16)19-11-4-8(17)7-18-14(11)20/h2-5,7H,6H2,1H3. The van der Waals surface area contributed by atoms with Gasteiger partial charge in [-0.2, -0.15) is 0 Å². The van der Waals surface area contributed by atoms with Crippen LogP contribution in [0.2, 0.25) is 5.02 Å². The molecule has 0 aliphatic carbocycles. The fourth-order valence-electron chi connectivity index (χ4n) is 2.14. The smallest absolute Gasteiger partial charge is 0.164 e. The highest BCUT2D eigenvalue weighted by Crippen LogP contribution is 2.30. The molecule has 2 heterocycles. The maximum absolute atomic E-state index is 6.01. The summed E-state index contributed by atoms with van der Waals surface area (Å²) in [6.07, 6.45) is 1.59. The van der Waals surface area contributed by atoms with E-state index in [0.29, 0.717) is 22.0 Å².